The van der Waals surface area contributed by atoms with Crippen molar-refractivity contribution in [1.29, 1.82) is 0 Å². The zero-order valence-electron chi connectivity index (χ0n) is 11.4. The number of para-hydroxylation sites is 1. The molecule has 20 heavy (non-hydrogen) atoms. The van der Waals surface area contributed by atoms with Crippen LogP contribution in [0.25, 0.3) is 0 Å². The number of ketones is 1. The molecule has 106 valence electrons. The summed E-state index contributed by atoms with van der Waals surface area (Å²) in [5, 5.41) is 3.26. The van der Waals surface area contributed by atoms with E-state index < -0.39 is 0 Å². The molecule has 1 saturated carbocycles. The van der Waals surface area contributed by atoms with Crippen LogP contribution in [0.2, 0.25) is 5.02 Å². The number of anilines is 1. The van der Waals surface area contributed by atoms with Crippen LogP contribution in [-0.4, -0.2) is 11.7 Å². The lowest BCUT2D eigenvalue weighted by Gasteiger charge is -2.13. The third kappa shape index (κ3) is 3.94. The number of amides is 1. The maximum Gasteiger partial charge on any atom is 0.248 e. The van der Waals surface area contributed by atoms with Crippen LogP contribution < -0.4 is 5.32 Å². The first-order valence-corrected chi connectivity index (χ1v) is 7.19. The zero-order chi connectivity index (χ0) is 14.5. The first kappa shape index (κ1) is 14.8. The van der Waals surface area contributed by atoms with Crippen molar-refractivity contribution in [3.63, 3.8) is 0 Å². The number of halogens is 1. The van der Waals surface area contributed by atoms with Gasteiger partial charge in [0.05, 0.1) is 10.7 Å². The van der Waals surface area contributed by atoms with E-state index in [4.69, 9.17) is 11.6 Å². The molecule has 1 aromatic carbocycles. The lowest BCUT2D eigenvalue weighted by atomic mass is 9.92. The highest BCUT2D eigenvalue weighted by Gasteiger charge is 2.25. The smallest absolute Gasteiger partial charge is 0.248 e. The second-order valence-corrected chi connectivity index (χ2v) is 5.64. The molecule has 0 aromatic heterocycles. The minimum Gasteiger partial charge on any atom is -0.321 e. The number of rotatable bonds is 4. The predicted molar refractivity (Wildman–Crippen MR) is 80.7 cm³/mol. The van der Waals surface area contributed by atoms with Crippen molar-refractivity contribution in [3.05, 3.63) is 41.4 Å². The van der Waals surface area contributed by atoms with Gasteiger partial charge in [0, 0.05) is 12.8 Å². The van der Waals surface area contributed by atoms with Crippen LogP contribution >= 0.6 is 11.6 Å². The summed E-state index contributed by atoms with van der Waals surface area (Å²) >= 11 is 5.97. The summed E-state index contributed by atoms with van der Waals surface area (Å²) in [6.07, 6.45) is 5.63. The molecule has 0 spiro atoms. The molecule has 1 N–H and O–H groups in total. The Labute approximate surface area is 124 Å². The molecule has 0 radical (unpaired) electrons. The first-order chi connectivity index (χ1) is 9.56. The Hall–Kier alpha value is -1.61. The van der Waals surface area contributed by atoms with Crippen LogP contribution in [0.4, 0.5) is 5.69 Å². The van der Waals surface area contributed by atoms with E-state index in [1.54, 1.807) is 12.1 Å². The standard InChI is InChI=1S/C16H18ClNO2/c1-11(12-7-8-13(19)10-12)6-9-16(20)18-15-5-3-2-4-14(15)17/h2-6,9,11-12H,7-8,10H2,1H3,(H,18,20)/b9-6+/t11-,12+/m1/s1. The van der Waals surface area contributed by atoms with Crippen LogP contribution in [0.3, 0.4) is 0 Å². The predicted octanol–water partition coefficient (Wildman–Crippen LogP) is 3.84. The minimum absolute atomic E-state index is 0.200. The highest BCUT2D eigenvalue weighted by Crippen LogP contribution is 2.29. The molecule has 0 aliphatic heterocycles. The number of carbonyl (C=O) groups is 2. The SMILES string of the molecule is C[C@H](/C=C/C(=O)Nc1ccccc1Cl)[C@H]1CCC(=O)C1. The van der Waals surface area contributed by atoms with Gasteiger partial charge in [-0.1, -0.05) is 36.7 Å². The molecule has 1 aliphatic rings. The van der Waals surface area contributed by atoms with Crippen molar-refractivity contribution in [1.82, 2.24) is 0 Å². The first-order valence-electron chi connectivity index (χ1n) is 6.81. The van der Waals surface area contributed by atoms with Gasteiger partial charge in [0.25, 0.3) is 0 Å². The molecule has 0 bridgehead atoms. The molecule has 1 aliphatic carbocycles. The molecule has 4 heteroatoms. The van der Waals surface area contributed by atoms with Gasteiger partial charge in [-0.15, -0.1) is 0 Å². The van der Waals surface area contributed by atoms with Crippen molar-refractivity contribution in [2.45, 2.75) is 26.2 Å². The molecule has 0 heterocycles. The fourth-order valence-electron chi connectivity index (χ4n) is 2.43. The largest absolute Gasteiger partial charge is 0.321 e. The van der Waals surface area contributed by atoms with E-state index in [1.807, 2.05) is 25.1 Å². The molecule has 0 saturated heterocycles. The van der Waals surface area contributed by atoms with Gasteiger partial charge in [-0.3, -0.25) is 9.59 Å². The van der Waals surface area contributed by atoms with Gasteiger partial charge in [0.15, 0.2) is 0 Å². The van der Waals surface area contributed by atoms with Crippen LogP contribution in [-0.2, 0) is 9.59 Å². The Kier molecular flexibility index (Phi) is 4.96. The molecule has 1 amide bonds. The molecule has 1 aromatic rings. The van der Waals surface area contributed by atoms with Crippen molar-refractivity contribution in [2.24, 2.45) is 11.8 Å². The van der Waals surface area contributed by atoms with Crippen LogP contribution in [0, 0.1) is 11.8 Å². The fourth-order valence-corrected chi connectivity index (χ4v) is 2.61. The lowest BCUT2D eigenvalue weighted by Crippen LogP contribution is -2.11. The fraction of sp³-hybridized carbons (Fsp3) is 0.375. The monoisotopic (exact) mass is 291 g/mol. The number of allylic oxidation sites excluding steroid dienone is 1. The molecular weight excluding hydrogens is 274 g/mol. The Balaban J connectivity index is 1.89. The summed E-state index contributed by atoms with van der Waals surface area (Å²) in [7, 11) is 0. The molecule has 0 unspecified atom stereocenters. The summed E-state index contributed by atoms with van der Waals surface area (Å²) in [6, 6.07) is 7.12. The quantitative estimate of drug-likeness (QED) is 0.857. The molecule has 1 fully saturated rings. The van der Waals surface area contributed by atoms with Crippen LogP contribution in [0.5, 0.6) is 0 Å². The Morgan fingerprint density at radius 1 is 1.45 bits per heavy atom. The summed E-state index contributed by atoms with van der Waals surface area (Å²) in [5.74, 6) is 0.732. The summed E-state index contributed by atoms with van der Waals surface area (Å²) < 4.78 is 0. The Bertz CT molecular complexity index is 539. The second-order valence-electron chi connectivity index (χ2n) is 5.23. The topological polar surface area (TPSA) is 46.2 Å². The minimum atomic E-state index is -0.200. The highest BCUT2D eigenvalue weighted by atomic mass is 35.5. The van der Waals surface area contributed by atoms with Crippen molar-refractivity contribution >= 4 is 29.0 Å². The highest BCUT2D eigenvalue weighted by molar-refractivity contribution is 6.33. The normalized spacial score (nSPS) is 20.3. The lowest BCUT2D eigenvalue weighted by molar-refractivity contribution is -0.117. The van der Waals surface area contributed by atoms with Crippen molar-refractivity contribution < 1.29 is 9.59 Å². The zero-order valence-corrected chi connectivity index (χ0v) is 12.2. The Morgan fingerprint density at radius 2 is 2.20 bits per heavy atom. The van der Waals surface area contributed by atoms with E-state index in [0.29, 0.717) is 35.3 Å². The van der Waals surface area contributed by atoms with E-state index in [2.05, 4.69) is 5.32 Å². The van der Waals surface area contributed by atoms with Gasteiger partial charge in [-0.25, -0.2) is 0 Å². The van der Waals surface area contributed by atoms with Gasteiger partial charge in [-0.2, -0.15) is 0 Å². The summed E-state index contributed by atoms with van der Waals surface area (Å²) in [6.45, 7) is 2.04. The average Bonchev–Trinajstić information content (AvgIpc) is 2.85. The molecular formula is C16H18ClNO2. The summed E-state index contributed by atoms with van der Waals surface area (Å²) in [4.78, 5) is 23.1. The van der Waals surface area contributed by atoms with Gasteiger partial charge >= 0.3 is 0 Å². The third-order valence-electron chi connectivity index (χ3n) is 3.71. The third-order valence-corrected chi connectivity index (χ3v) is 4.04. The number of nitrogens with one attached hydrogen (secondary N) is 1. The number of benzene rings is 1. The van der Waals surface area contributed by atoms with E-state index in [9.17, 15) is 9.59 Å². The van der Waals surface area contributed by atoms with E-state index in [1.165, 1.54) is 6.08 Å². The van der Waals surface area contributed by atoms with Gasteiger partial charge in [0.1, 0.15) is 5.78 Å². The van der Waals surface area contributed by atoms with Gasteiger partial charge in [0.2, 0.25) is 5.91 Å². The van der Waals surface area contributed by atoms with E-state index >= 15 is 0 Å². The van der Waals surface area contributed by atoms with Crippen LogP contribution in [0.1, 0.15) is 26.2 Å². The number of carbonyl (C=O) groups excluding carboxylic acids is 2. The maximum atomic E-state index is 11.8. The van der Waals surface area contributed by atoms with Gasteiger partial charge < -0.3 is 5.32 Å². The number of hydrogen-bond acceptors (Lipinski definition) is 2. The van der Waals surface area contributed by atoms with Crippen molar-refractivity contribution in [2.75, 3.05) is 5.32 Å². The molecule has 2 atom stereocenters. The number of Topliss-reactive ketones (excluding diaryl/α,β-unsaturated/α-hetero) is 1. The average molecular weight is 292 g/mol. The van der Waals surface area contributed by atoms with Crippen LogP contribution in [0.15, 0.2) is 36.4 Å². The number of hydrogen-bond donors (Lipinski definition) is 1. The van der Waals surface area contributed by atoms with Crippen molar-refractivity contribution in [3.8, 4) is 0 Å². The van der Waals surface area contributed by atoms with E-state index in [-0.39, 0.29) is 11.8 Å². The van der Waals surface area contributed by atoms with E-state index in [0.717, 1.165) is 6.42 Å². The Morgan fingerprint density at radius 3 is 2.85 bits per heavy atom. The maximum absolute atomic E-state index is 11.8. The second kappa shape index (κ2) is 6.71. The van der Waals surface area contributed by atoms with Gasteiger partial charge in [-0.05, 0) is 36.5 Å². The molecule has 3 nitrogen and oxygen atoms in total. The summed E-state index contributed by atoms with van der Waals surface area (Å²) in [5.41, 5.74) is 0.604. The molecule has 2 rings (SSSR count).